The number of ketones is 1. The molecule has 3 aliphatic carbocycles. The summed E-state index contributed by atoms with van der Waals surface area (Å²) in [6.45, 7) is -0.304. The third-order valence-electron chi connectivity index (χ3n) is 8.92. The zero-order valence-corrected chi connectivity index (χ0v) is 23.2. The SMILES string of the molecule is O=C(C[C@@H](Cc1cc(F)cc(F)c1)c1ncccc1-c1ccc2c(c1)C=CC2)Cn1nc(C(F)(F)F)c2c1C1CC1CC2. The number of rotatable bonds is 8. The normalized spacial score (nSPS) is 19.1. The van der Waals surface area contributed by atoms with Crippen molar-refractivity contribution in [3.63, 3.8) is 0 Å². The number of halogens is 5. The van der Waals surface area contributed by atoms with Crippen molar-refractivity contribution >= 4 is 11.9 Å². The Hall–Kier alpha value is -4.14. The van der Waals surface area contributed by atoms with E-state index in [1.807, 2.05) is 18.2 Å². The second kappa shape index (κ2) is 10.5. The Bertz CT molecular complexity index is 1750. The molecule has 43 heavy (non-hydrogen) atoms. The molecule has 2 heterocycles. The molecule has 4 nitrogen and oxygen atoms in total. The van der Waals surface area contributed by atoms with Gasteiger partial charge in [0, 0.05) is 47.3 Å². The second-order valence-corrected chi connectivity index (χ2v) is 11.9. The highest BCUT2D eigenvalue weighted by molar-refractivity contribution is 5.80. The number of benzene rings is 2. The molecular formula is C34H28F5N3O. The topological polar surface area (TPSA) is 47.8 Å². The number of Topliss-reactive ketones (excluding diaryl/α,β-unsaturated/α-hetero) is 1. The number of hydrogen-bond acceptors (Lipinski definition) is 3. The minimum atomic E-state index is -4.60. The lowest BCUT2D eigenvalue weighted by molar-refractivity contribution is -0.142. The first-order valence-electron chi connectivity index (χ1n) is 14.5. The van der Waals surface area contributed by atoms with E-state index in [9.17, 15) is 26.7 Å². The van der Waals surface area contributed by atoms with Gasteiger partial charge in [-0.25, -0.2) is 8.78 Å². The van der Waals surface area contributed by atoms with Gasteiger partial charge in [0.1, 0.15) is 11.6 Å². The number of fused-ring (bicyclic) bond motifs is 4. The first kappa shape index (κ1) is 27.7. The van der Waals surface area contributed by atoms with E-state index in [0.717, 1.165) is 35.6 Å². The summed E-state index contributed by atoms with van der Waals surface area (Å²) >= 11 is 0. The van der Waals surface area contributed by atoms with Crippen LogP contribution in [0, 0.1) is 17.6 Å². The Morgan fingerprint density at radius 3 is 2.67 bits per heavy atom. The summed E-state index contributed by atoms with van der Waals surface area (Å²) in [5.74, 6) is -2.02. The third-order valence-corrected chi connectivity index (χ3v) is 8.92. The predicted molar refractivity (Wildman–Crippen MR) is 151 cm³/mol. The summed E-state index contributed by atoms with van der Waals surface area (Å²) in [6.07, 6.45) is 3.85. The van der Waals surface area contributed by atoms with Crippen LogP contribution in [-0.2, 0) is 36.8 Å². The maximum absolute atomic E-state index is 14.2. The minimum absolute atomic E-state index is 0.00228. The molecule has 0 bridgehead atoms. The molecule has 0 spiro atoms. The van der Waals surface area contributed by atoms with Crippen molar-refractivity contribution in [2.24, 2.45) is 5.92 Å². The Morgan fingerprint density at radius 1 is 1.07 bits per heavy atom. The van der Waals surface area contributed by atoms with Gasteiger partial charge >= 0.3 is 6.18 Å². The van der Waals surface area contributed by atoms with Gasteiger partial charge in [-0.05, 0) is 84.5 Å². The molecule has 0 aliphatic heterocycles. The van der Waals surface area contributed by atoms with Crippen LogP contribution >= 0.6 is 0 Å². The van der Waals surface area contributed by atoms with Crippen molar-refractivity contribution in [2.75, 3.05) is 0 Å². The van der Waals surface area contributed by atoms with Crippen LogP contribution in [0.3, 0.4) is 0 Å². The number of carbonyl (C=O) groups excluding carboxylic acids is 1. The smallest absolute Gasteiger partial charge is 0.298 e. The van der Waals surface area contributed by atoms with Crippen molar-refractivity contribution in [1.82, 2.24) is 14.8 Å². The van der Waals surface area contributed by atoms with Crippen LogP contribution in [0.5, 0.6) is 0 Å². The monoisotopic (exact) mass is 589 g/mol. The van der Waals surface area contributed by atoms with Gasteiger partial charge in [-0.1, -0.05) is 30.4 Å². The fourth-order valence-corrected chi connectivity index (χ4v) is 6.94. The van der Waals surface area contributed by atoms with Gasteiger partial charge in [0.05, 0.1) is 12.2 Å². The number of allylic oxidation sites excluding steroid dienone is 1. The maximum atomic E-state index is 14.2. The van der Waals surface area contributed by atoms with Crippen LogP contribution in [0.4, 0.5) is 22.0 Å². The second-order valence-electron chi connectivity index (χ2n) is 11.9. The van der Waals surface area contributed by atoms with E-state index in [-0.39, 0.29) is 36.7 Å². The van der Waals surface area contributed by atoms with Crippen molar-refractivity contribution < 1.29 is 26.7 Å². The molecule has 0 radical (unpaired) electrons. The summed E-state index contributed by atoms with van der Waals surface area (Å²) in [5, 5.41) is 3.92. The van der Waals surface area contributed by atoms with Crippen LogP contribution in [0.1, 0.15) is 70.4 Å². The van der Waals surface area contributed by atoms with Crippen molar-refractivity contribution in [1.29, 1.82) is 0 Å². The zero-order valence-electron chi connectivity index (χ0n) is 23.2. The molecule has 1 fully saturated rings. The first-order valence-corrected chi connectivity index (χ1v) is 14.5. The minimum Gasteiger partial charge on any atom is -0.298 e. The Morgan fingerprint density at radius 2 is 1.88 bits per heavy atom. The first-order chi connectivity index (χ1) is 20.6. The van der Waals surface area contributed by atoms with Gasteiger partial charge in [0.2, 0.25) is 0 Å². The molecule has 7 rings (SSSR count). The van der Waals surface area contributed by atoms with E-state index >= 15 is 0 Å². The maximum Gasteiger partial charge on any atom is 0.435 e. The van der Waals surface area contributed by atoms with Crippen LogP contribution in [-0.4, -0.2) is 20.5 Å². The quantitative estimate of drug-likeness (QED) is 0.197. The lowest BCUT2D eigenvalue weighted by Crippen LogP contribution is -2.19. The fourth-order valence-electron chi connectivity index (χ4n) is 6.94. The molecule has 2 aromatic heterocycles. The third kappa shape index (κ3) is 5.41. The fraction of sp³-hybridized carbons (Fsp3) is 0.324. The van der Waals surface area contributed by atoms with Crippen LogP contribution in [0.15, 0.2) is 60.8 Å². The zero-order chi connectivity index (χ0) is 29.9. The number of nitrogens with zero attached hydrogens (tertiary/aromatic N) is 3. The summed E-state index contributed by atoms with van der Waals surface area (Å²) in [7, 11) is 0. The molecule has 220 valence electrons. The Balaban J connectivity index is 1.24. The van der Waals surface area contributed by atoms with Crippen molar-refractivity contribution in [3.05, 3.63) is 112 Å². The van der Waals surface area contributed by atoms with Crippen LogP contribution in [0.25, 0.3) is 17.2 Å². The summed E-state index contributed by atoms with van der Waals surface area (Å²) in [5.41, 5.74) is 4.77. The van der Waals surface area contributed by atoms with Crippen LogP contribution < -0.4 is 0 Å². The molecule has 0 N–H and O–H groups in total. The van der Waals surface area contributed by atoms with Gasteiger partial charge in [0.25, 0.3) is 0 Å². The summed E-state index contributed by atoms with van der Waals surface area (Å²) in [4.78, 5) is 18.3. The van der Waals surface area contributed by atoms with E-state index in [1.165, 1.54) is 22.4 Å². The summed E-state index contributed by atoms with van der Waals surface area (Å²) < 4.78 is 71.2. The van der Waals surface area contributed by atoms with Crippen molar-refractivity contribution in [3.8, 4) is 11.1 Å². The van der Waals surface area contributed by atoms with Gasteiger partial charge in [0.15, 0.2) is 11.5 Å². The summed E-state index contributed by atoms with van der Waals surface area (Å²) in [6, 6.07) is 13.1. The molecule has 0 amide bonds. The molecule has 3 aliphatic rings. The van der Waals surface area contributed by atoms with Gasteiger partial charge in [-0.15, -0.1) is 0 Å². The number of carbonyl (C=O) groups is 1. The van der Waals surface area contributed by atoms with E-state index in [0.29, 0.717) is 35.7 Å². The molecule has 0 saturated heterocycles. The number of aromatic nitrogens is 3. The molecule has 3 atom stereocenters. The average molecular weight is 590 g/mol. The lowest BCUT2D eigenvalue weighted by atomic mass is 9.86. The molecular weight excluding hydrogens is 561 g/mol. The molecule has 9 heteroatoms. The number of hydrogen-bond donors (Lipinski definition) is 0. The van der Waals surface area contributed by atoms with Gasteiger partial charge in [-0.3, -0.25) is 14.5 Å². The molecule has 2 unspecified atom stereocenters. The van der Waals surface area contributed by atoms with Crippen molar-refractivity contribution in [2.45, 2.75) is 63.1 Å². The number of pyridine rings is 1. The molecule has 4 aromatic rings. The number of alkyl halides is 3. The predicted octanol–water partition coefficient (Wildman–Crippen LogP) is 7.85. The van der Waals surface area contributed by atoms with E-state index in [1.54, 1.807) is 12.3 Å². The Kier molecular flexibility index (Phi) is 6.78. The van der Waals surface area contributed by atoms with E-state index in [2.05, 4.69) is 28.3 Å². The van der Waals surface area contributed by atoms with Gasteiger partial charge in [-0.2, -0.15) is 18.3 Å². The largest absolute Gasteiger partial charge is 0.435 e. The van der Waals surface area contributed by atoms with E-state index < -0.39 is 29.4 Å². The standard InChI is InChI=1S/C34H28F5N3O/c35-25-12-19(13-26(36)17-25)11-24(31-28(5-2-10-40-31)22-7-6-20-3-1-4-21(20)14-22)15-27(43)18-42-32-29(9-8-23-16-30(23)32)33(41-42)34(37,38)39/h1-2,4-7,10,12-14,17,23-24,30H,3,8-9,11,15-16,18H2/t23?,24-,30?/m1/s1. The molecule has 1 saturated carbocycles. The average Bonchev–Trinajstić information content (AvgIpc) is 3.42. The van der Waals surface area contributed by atoms with E-state index in [4.69, 9.17) is 0 Å². The lowest BCUT2D eigenvalue weighted by Gasteiger charge is -2.20. The Labute approximate surface area is 245 Å². The van der Waals surface area contributed by atoms with Gasteiger partial charge < -0.3 is 0 Å². The highest BCUT2D eigenvalue weighted by Crippen LogP contribution is 2.56. The highest BCUT2D eigenvalue weighted by Gasteiger charge is 2.49. The van der Waals surface area contributed by atoms with Crippen LogP contribution in [0.2, 0.25) is 0 Å². The molecule has 2 aromatic carbocycles. The highest BCUT2D eigenvalue weighted by atomic mass is 19.4.